The summed E-state index contributed by atoms with van der Waals surface area (Å²) in [4.78, 5) is 0. The highest BCUT2D eigenvalue weighted by Gasteiger charge is 2.49. The number of rotatable bonds is 14. The largest absolute Gasteiger partial charge is 0.330 e. The summed E-state index contributed by atoms with van der Waals surface area (Å²) in [5, 5.41) is 0. The molecule has 0 aliphatic carbocycles. The molecule has 0 aliphatic heterocycles. The fourth-order valence-electron chi connectivity index (χ4n) is 3.19. The maximum atomic E-state index is 5.62. The number of hydrogen-bond donors (Lipinski definition) is 1. The number of unbranched alkanes of at least 4 members (excludes halogenated alkanes) is 5. The first-order valence-electron chi connectivity index (χ1n) is 8.32. The molecule has 0 bridgehead atoms. The van der Waals surface area contributed by atoms with Gasteiger partial charge in [0.15, 0.2) is 0 Å². The van der Waals surface area contributed by atoms with Gasteiger partial charge in [0.2, 0.25) is 0 Å². The van der Waals surface area contributed by atoms with Gasteiger partial charge in [-0.1, -0.05) is 52.4 Å². The average Bonchev–Trinajstić information content (AvgIpc) is 2.51. The van der Waals surface area contributed by atoms with E-state index in [-0.39, 0.29) is 5.41 Å². The monoisotopic (exact) mass is 320 g/mol. The van der Waals surface area contributed by atoms with E-state index < -0.39 is 5.97 Å². The van der Waals surface area contributed by atoms with Crippen LogP contribution in [0.3, 0.4) is 0 Å². The van der Waals surface area contributed by atoms with Gasteiger partial charge < -0.3 is 14.2 Å². The van der Waals surface area contributed by atoms with Gasteiger partial charge in [-0.15, -0.1) is 0 Å². The first-order chi connectivity index (χ1) is 10.1. The van der Waals surface area contributed by atoms with Crippen LogP contribution in [0.5, 0.6) is 0 Å². The Morgan fingerprint density at radius 2 is 1.24 bits per heavy atom. The molecule has 1 atom stereocenters. The Kier molecular flexibility index (Phi) is 11.9. The molecular weight excluding hydrogens is 284 g/mol. The molecule has 0 heterocycles. The first-order valence-corrected chi connectivity index (χ1v) is 8.95. The van der Waals surface area contributed by atoms with Gasteiger partial charge in [0.25, 0.3) is 5.97 Å². The van der Waals surface area contributed by atoms with E-state index in [0.29, 0.717) is 0 Å². The Balaban J connectivity index is 4.59. The first kappa shape index (κ1) is 21.2. The highest BCUT2D eigenvalue weighted by Crippen LogP contribution is 2.44. The van der Waals surface area contributed by atoms with E-state index in [1.165, 1.54) is 38.5 Å². The highest BCUT2D eigenvalue weighted by atomic mass is 32.1. The van der Waals surface area contributed by atoms with Crippen LogP contribution in [-0.2, 0) is 14.2 Å². The second-order valence-corrected chi connectivity index (χ2v) is 6.52. The van der Waals surface area contributed by atoms with Gasteiger partial charge in [-0.3, -0.25) is 0 Å². The van der Waals surface area contributed by atoms with Gasteiger partial charge in [-0.25, -0.2) is 0 Å². The smallest absolute Gasteiger partial charge is 0.287 e. The topological polar surface area (TPSA) is 27.7 Å². The molecule has 0 aromatic carbocycles. The van der Waals surface area contributed by atoms with Crippen LogP contribution in [0.25, 0.3) is 0 Å². The molecule has 0 fully saturated rings. The van der Waals surface area contributed by atoms with Gasteiger partial charge >= 0.3 is 0 Å². The second-order valence-electron chi connectivity index (χ2n) is 6.07. The minimum absolute atomic E-state index is 0.154. The van der Waals surface area contributed by atoms with E-state index in [1.54, 1.807) is 21.3 Å². The molecule has 1 unspecified atom stereocenters. The third-order valence-corrected chi connectivity index (χ3v) is 4.83. The number of ether oxygens (including phenoxy) is 3. The molecule has 0 radical (unpaired) electrons. The third kappa shape index (κ3) is 6.47. The van der Waals surface area contributed by atoms with Crippen LogP contribution in [-0.4, -0.2) is 33.1 Å². The summed E-state index contributed by atoms with van der Waals surface area (Å²) >= 11 is 4.34. The molecule has 0 aromatic heterocycles. The average molecular weight is 321 g/mol. The Labute approximate surface area is 137 Å². The molecule has 0 spiro atoms. The van der Waals surface area contributed by atoms with Crippen LogP contribution in [0, 0.1) is 5.41 Å². The van der Waals surface area contributed by atoms with Crippen molar-refractivity contribution in [3.8, 4) is 0 Å². The maximum Gasteiger partial charge on any atom is 0.287 e. The fraction of sp³-hybridized carbons (Fsp3) is 1.00. The highest BCUT2D eigenvalue weighted by molar-refractivity contribution is 7.80. The minimum atomic E-state index is -0.959. The van der Waals surface area contributed by atoms with Crippen molar-refractivity contribution < 1.29 is 14.2 Å². The van der Waals surface area contributed by atoms with E-state index >= 15 is 0 Å². The molecule has 0 saturated carbocycles. The van der Waals surface area contributed by atoms with E-state index in [2.05, 4.69) is 26.5 Å². The second kappa shape index (κ2) is 11.8. The summed E-state index contributed by atoms with van der Waals surface area (Å²) in [7, 11) is 4.98. The lowest BCUT2D eigenvalue weighted by Gasteiger charge is -2.45. The molecule has 0 aliphatic rings. The van der Waals surface area contributed by atoms with Gasteiger partial charge in [0.05, 0.1) is 0 Å². The lowest BCUT2D eigenvalue weighted by atomic mass is 9.77. The molecule has 0 N–H and O–H groups in total. The van der Waals surface area contributed by atoms with E-state index in [1.807, 2.05) is 0 Å². The molecule has 21 heavy (non-hydrogen) atoms. The van der Waals surface area contributed by atoms with Crippen LogP contribution in [0.15, 0.2) is 0 Å². The number of thiol groups is 1. The van der Waals surface area contributed by atoms with Gasteiger partial charge in [0, 0.05) is 26.7 Å². The molecule has 4 heteroatoms. The van der Waals surface area contributed by atoms with Crippen molar-refractivity contribution in [3.63, 3.8) is 0 Å². The van der Waals surface area contributed by atoms with Crippen molar-refractivity contribution in [3.05, 3.63) is 0 Å². The van der Waals surface area contributed by atoms with Crippen LogP contribution in [0.4, 0.5) is 0 Å². The quantitative estimate of drug-likeness (QED) is 0.276. The van der Waals surface area contributed by atoms with Crippen molar-refractivity contribution >= 4 is 12.6 Å². The zero-order valence-electron chi connectivity index (χ0n) is 14.7. The Bertz CT molecular complexity index is 236. The minimum Gasteiger partial charge on any atom is -0.330 e. The van der Waals surface area contributed by atoms with Gasteiger partial charge in [-0.05, 0) is 25.0 Å². The van der Waals surface area contributed by atoms with Crippen molar-refractivity contribution in [2.45, 2.75) is 77.6 Å². The van der Waals surface area contributed by atoms with E-state index in [4.69, 9.17) is 14.2 Å². The molecule has 3 nitrogen and oxygen atoms in total. The van der Waals surface area contributed by atoms with E-state index in [0.717, 1.165) is 25.0 Å². The SMILES string of the molecule is CCCCCCCCC(C)(CCCS)C(OC)(OC)OC. The van der Waals surface area contributed by atoms with Crippen molar-refractivity contribution in [2.24, 2.45) is 5.41 Å². The lowest BCUT2D eigenvalue weighted by Crippen LogP contribution is -2.51. The van der Waals surface area contributed by atoms with Crippen LogP contribution < -0.4 is 0 Å². The molecule has 0 rings (SSSR count). The summed E-state index contributed by atoms with van der Waals surface area (Å²) in [6.07, 6.45) is 10.8. The van der Waals surface area contributed by atoms with Crippen molar-refractivity contribution in [1.82, 2.24) is 0 Å². The van der Waals surface area contributed by atoms with Gasteiger partial charge in [-0.2, -0.15) is 12.6 Å². The van der Waals surface area contributed by atoms with Gasteiger partial charge in [0.1, 0.15) is 0 Å². The molecule has 0 aromatic rings. The standard InChI is InChI=1S/C17H36O3S/c1-6-7-8-9-10-11-13-16(2,14-12-15-21)17(18-3,19-4)20-5/h21H,6-15H2,1-5H3. The van der Waals surface area contributed by atoms with Crippen molar-refractivity contribution in [1.29, 1.82) is 0 Å². The predicted molar refractivity (Wildman–Crippen MR) is 92.9 cm³/mol. The van der Waals surface area contributed by atoms with Crippen molar-refractivity contribution in [2.75, 3.05) is 27.1 Å². The molecule has 0 amide bonds. The summed E-state index contributed by atoms with van der Waals surface area (Å²) in [6.45, 7) is 4.46. The van der Waals surface area contributed by atoms with E-state index in [9.17, 15) is 0 Å². The summed E-state index contributed by atoms with van der Waals surface area (Å²) in [6, 6.07) is 0. The maximum absolute atomic E-state index is 5.62. The zero-order valence-corrected chi connectivity index (χ0v) is 15.6. The van der Waals surface area contributed by atoms with Crippen LogP contribution >= 0.6 is 12.6 Å². The molecule has 128 valence electrons. The Morgan fingerprint density at radius 3 is 1.71 bits per heavy atom. The molecular formula is C17H36O3S. The summed E-state index contributed by atoms with van der Waals surface area (Å²) in [5.41, 5.74) is -0.154. The van der Waals surface area contributed by atoms with Crippen LogP contribution in [0.2, 0.25) is 0 Å². The number of methoxy groups -OCH3 is 3. The number of hydrogen-bond acceptors (Lipinski definition) is 4. The van der Waals surface area contributed by atoms with Crippen LogP contribution in [0.1, 0.15) is 71.6 Å². The third-order valence-electron chi connectivity index (χ3n) is 4.51. The molecule has 0 saturated heterocycles. The summed E-state index contributed by atoms with van der Waals surface area (Å²) in [5.74, 6) is -0.0846. The zero-order chi connectivity index (χ0) is 16.2. The summed E-state index contributed by atoms with van der Waals surface area (Å²) < 4.78 is 16.9. The fourth-order valence-corrected chi connectivity index (χ4v) is 3.34. The Hall–Kier alpha value is 0.230. The lowest BCUT2D eigenvalue weighted by molar-refractivity contribution is -0.406. The Morgan fingerprint density at radius 1 is 0.762 bits per heavy atom. The normalized spacial score (nSPS) is 15.1. The predicted octanol–water partition coefficient (Wildman–Crippen LogP) is 5.05.